The van der Waals surface area contributed by atoms with Crippen LogP contribution < -0.4 is 10.1 Å². The highest BCUT2D eigenvalue weighted by Crippen LogP contribution is 2.19. The Hall–Kier alpha value is -1.94. The zero-order valence-corrected chi connectivity index (χ0v) is 12.4. The number of halogens is 2. The number of ether oxygens (including phenoxy) is 1. The Labute approximate surface area is 123 Å². The normalized spacial score (nSPS) is 12.2. The van der Waals surface area contributed by atoms with Crippen molar-refractivity contribution < 1.29 is 13.5 Å². The number of hydrogen-bond acceptors (Lipinski definition) is 2. The number of benzene rings is 2. The Kier molecular flexibility index (Phi) is 4.91. The van der Waals surface area contributed by atoms with E-state index in [1.165, 1.54) is 19.2 Å². The molecular formula is C17H19F2NO. The van der Waals surface area contributed by atoms with Crippen LogP contribution in [0.2, 0.25) is 0 Å². The van der Waals surface area contributed by atoms with E-state index in [2.05, 4.69) is 5.32 Å². The lowest BCUT2D eigenvalue weighted by molar-refractivity contribution is 0.410. The summed E-state index contributed by atoms with van der Waals surface area (Å²) >= 11 is 0. The van der Waals surface area contributed by atoms with Gasteiger partial charge in [0.25, 0.3) is 0 Å². The summed E-state index contributed by atoms with van der Waals surface area (Å²) < 4.78 is 32.3. The van der Waals surface area contributed by atoms with Gasteiger partial charge in [0.15, 0.2) is 0 Å². The van der Waals surface area contributed by atoms with Crippen LogP contribution in [0.3, 0.4) is 0 Å². The molecule has 0 spiro atoms. The number of nitrogens with one attached hydrogen (secondary N) is 1. The first-order valence-corrected chi connectivity index (χ1v) is 6.83. The third-order valence-corrected chi connectivity index (χ3v) is 3.55. The van der Waals surface area contributed by atoms with Crippen molar-refractivity contribution in [2.24, 2.45) is 0 Å². The molecule has 0 aliphatic carbocycles. The molecule has 0 bridgehead atoms. The summed E-state index contributed by atoms with van der Waals surface area (Å²) in [6.45, 7) is 4.02. The fourth-order valence-corrected chi connectivity index (χ4v) is 2.06. The van der Waals surface area contributed by atoms with Gasteiger partial charge in [-0.15, -0.1) is 0 Å². The average molecular weight is 291 g/mol. The summed E-state index contributed by atoms with van der Waals surface area (Å²) in [5, 5.41) is 3.19. The van der Waals surface area contributed by atoms with Crippen molar-refractivity contribution in [3.63, 3.8) is 0 Å². The molecule has 1 N–H and O–H groups in total. The predicted molar refractivity (Wildman–Crippen MR) is 79.3 cm³/mol. The summed E-state index contributed by atoms with van der Waals surface area (Å²) in [6, 6.07) is 9.82. The number of methoxy groups -OCH3 is 1. The minimum absolute atomic E-state index is 0.0680. The van der Waals surface area contributed by atoms with Crippen LogP contribution in [0.1, 0.15) is 29.7 Å². The Morgan fingerprint density at radius 2 is 1.86 bits per heavy atom. The lowest BCUT2D eigenvalue weighted by atomic mass is 10.1. The van der Waals surface area contributed by atoms with Gasteiger partial charge in [-0.05, 0) is 37.1 Å². The monoisotopic (exact) mass is 291 g/mol. The third-order valence-electron chi connectivity index (χ3n) is 3.55. The molecule has 1 atom stereocenters. The van der Waals surface area contributed by atoms with E-state index in [1.54, 1.807) is 25.1 Å². The van der Waals surface area contributed by atoms with Gasteiger partial charge in [0.1, 0.15) is 17.4 Å². The lowest BCUT2D eigenvalue weighted by Gasteiger charge is -2.15. The van der Waals surface area contributed by atoms with Crippen LogP contribution in [-0.2, 0) is 6.54 Å². The fraction of sp³-hybridized carbons (Fsp3) is 0.294. The molecule has 2 rings (SSSR count). The molecule has 0 saturated carbocycles. The van der Waals surface area contributed by atoms with Crippen molar-refractivity contribution in [3.05, 3.63) is 64.7 Å². The van der Waals surface area contributed by atoms with Gasteiger partial charge < -0.3 is 10.1 Å². The minimum Gasteiger partial charge on any atom is -0.497 e. The van der Waals surface area contributed by atoms with Gasteiger partial charge in [0, 0.05) is 24.2 Å². The van der Waals surface area contributed by atoms with Crippen LogP contribution in [0.5, 0.6) is 5.75 Å². The molecule has 0 saturated heterocycles. The predicted octanol–water partition coefficient (Wildman–Crippen LogP) is 4.13. The smallest absolute Gasteiger partial charge is 0.131 e. The maximum atomic E-state index is 13.8. The molecule has 2 aromatic carbocycles. The van der Waals surface area contributed by atoms with E-state index in [0.717, 1.165) is 5.56 Å². The highest BCUT2D eigenvalue weighted by Gasteiger charge is 2.09. The van der Waals surface area contributed by atoms with Crippen LogP contribution in [0.25, 0.3) is 0 Å². The molecule has 112 valence electrons. The van der Waals surface area contributed by atoms with Crippen molar-refractivity contribution >= 4 is 0 Å². The summed E-state index contributed by atoms with van der Waals surface area (Å²) in [4.78, 5) is 0. The minimum atomic E-state index is -0.316. The van der Waals surface area contributed by atoms with Crippen LogP contribution in [0.4, 0.5) is 8.78 Å². The van der Waals surface area contributed by atoms with Crippen molar-refractivity contribution in [1.82, 2.24) is 5.32 Å². The first-order valence-electron chi connectivity index (χ1n) is 6.83. The van der Waals surface area contributed by atoms with Gasteiger partial charge in [-0.1, -0.05) is 18.2 Å². The Morgan fingerprint density at radius 3 is 2.48 bits per heavy atom. The maximum Gasteiger partial charge on any atom is 0.131 e. The topological polar surface area (TPSA) is 21.3 Å². The van der Waals surface area contributed by atoms with Gasteiger partial charge in [-0.2, -0.15) is 0 Å². The molecule has 0 aromatic heterocycles. The molecule has 1 unspecified atom stereocenters. The molecule has 0 fully saturated rings. The number of rotatable bonds is 5. The fourth-order valence-electron chi connectivity index (χ4n) is 2.06. The standard InChI is InChI=1S/C17H19F2NO/c1-11-4-5-13(8-16(11)18)12(2)20-10-14-6-7-15(21-3)9-17(14)19/h4-9,12,20H,10H2,1-3H3. The second-order valence-corrected chi connectivity index (χ2v) is 5.07. The van der Waals surface area contributed by atoms with Gasteiger partial charge in [0.2, 0.25) is 0 Å². The van der Waals surface area contributed by atoms with E-state index in [4.69, 9.17) is 4.74 Å². The van der Waals surface area contributed by atoms with Crippen molar-refractivity contribution in [2.75, 3.05) is 7.11 Å². The Balaban J connectivity index is 2.03. The maximum absolute atomic E-state index is 13.8. The third kappa shape index (κ3) is 3.79. The van der Waals surface area contributed by atoms with Crippen molar-refractivity contribution in [3.8, 4) is 5.75 Å². The van der Waals surface area contributed by atoms with Gasteiger partial charge >= 0.3 is 0 Å². The quantitative estimate of drug-likeness (QED) is 0.894. The summed E-state index contributed by atoms with van der Waals surface area (Å²) in [6.07, 6.45) is 0. The van der Waals surface area contributed by atoms with E-state index in [1.807, 2.05) is 13.0 Å². The molecule has 21 heavy (non-hydrogen) atoms. The second kappa shape index (κ2) is 6.68. The SMILES string of the molecule is COc1ccc(CNC(C)c2ccc(C)c(F)c2)c(F)c1. The molecule has 0 aliphatic rings. The first kappa shape index (κ1) is 15.4. The van der Waals surface area contributed by atoms with Crippen molar-refractivity contribution in [2.45, 2.75) is 26.4 Å². The van der Waals surface area contributed by atoms with Crippen LogP contribution in [-0.4, -0.2) is 7.11 Å². The van der Waals surface area contributed by atoms with E-state index < -0.39 is 0 Å². The second-order valence-electron chi connectivity index (χ2n) is 5.07. The van der Waals surface area contributed by atoms with Gasteiger partial charge in [-0.3, -0.25) is 0 Å². The molecule has 0 aliphatic heterocycles. The van der Waals surface area contributed by atoms with Gasteiger partial charge in [0.05, 0.1) is 7.11 Å². The molecule has 0 heterocycles. The highest BCUT2D eigenvalue weighted by atomic mass is 19.1. The molecular weight excluding hydrogens is 272 g/mol. The molecule has 4 heteroatoms. The van der Waals surface area contributed by atoms with E-state index >= 15 is 0 Å². The molecule has 0 amide bonds. The summed E-state index contributed by atoms with van der Waals surface area (Å²) in [5.41, 5.74) is 2.01. The zero-order valence-electron chi connectivity index (χ0n) is 12.4. The van der Waals surface area contributed by atoms with Crippen molar-refractivity contribution in [1.29, 1.82) is 0 Å². The zero-order chi connectivity index (χ0) is 15.4. The van der Waals surface area contributed by atoms with E-state index in [-0.39, 0.29) is 17.7 Å². The lowest BCUT2D eigenvalue weighted by Crippen LogP contribution is -2.19. The van der Waals surface area contributed by atoms with Crippen LogP contribution in [0, 0.1) is 18.6 Å². The molecule has 0 radical (unpaired) electrons. The highest BCUT2D eigenvalue weighted by molar-refractivity contribution is 5.29. The summed E-state index contributed by atoms with van der Waals surface area (Å²) in [7, 11) is 1.50. The number of hydrogen-bond donors (Lipinski definition) is 1. The largest absolute Gasteiger partial charge is 0.497 e. The average Bonchev–Trinajstić information content (AvgIpc) is 2.48. The number of aryl methyl sites for hydroxylation is 1. The molecule has 2 aromatic rings. The summed E-state index contributed by atoms with van der Waals surface area (Å²) in [5.74, 6) is -0.0502. The van der Waals surface area contributed by atoms with Gasteiger partial charge in [-0.25, -0.2) is 8.78 Å². The molecule has 2 nitrogen and oxygen atoms in total. The Morgan fingerprint density at radius 1 is 1.10 bits per heavy atom. The Bertz CT molecular complexity index is 628. The van der Waals surface area contributed by atoms with Crippen LogP contribution in [0.15, 0.2) is 36.4 Å². The van der Waals surface area contributed by atoms with E-state index in [0.29, 0.717) is 23.4 Å². The first-order chi connectivity index (χ1) is 10.0. The van der Waals surface area contributed by atoms with Crippen LogP contribution >= 0.6 is 0 Å². The van der Waals surface area contributed by atoms with E-state index in [9.17, 15) is 8.78 Å².